The van der Waals surface area contributed by atoms with Gasteiger partial charge >= 0.3 is 0 Å². The molecule has 2 aromatic rings. The van der Waals surface area contributed by atoms with Crippen molar-refractivity contribution in [3.63, 3.8) is 0 Å². The molecule has 0 spiro atoms. The quantitative estimate of drug-likeness (QED) is 0.863. The Hall–Kier alpha value is -2.14. The van der Waals surface area contributed by atoms with Crippen molar-refractivity contribution in [1.82, 2.24) is 15.1 Å². The number of nitrogens with zero attached hydrogens (tertiary/aromatic N) is 2. The fraction of sp³-hybridized carbons (Fsp3) is 0.286. The minimum atomic E-state index is -0.115. The van der Waals surface area contributed by atoms with E-state index in [1.807, 2.05) is 25.1 Å². The second-order valence-electron chi connectivity index (χ2n) is 4.55. The van der Waals surface area contributed by atoms with Gasteiger partial charge in [-0.1, -0.05) is 18.2 Å². The third kappa shape index (κ3) is 3.20. The molecule has 0 aliphatic carbocycles. The summed E-state index contributed by atoms with van der Waals surface area (Å²) in [7, 11) is 1.78. The third-order valence-electron chi connectivity index (χ3n) is 3.05. The Morgan fingerprint density at radius 2 is 2.26 bits per heavy atom. The summed E-state index contributed by atoms with van der Waals surface area (Å²) in [4.78, 5) is 11.9. The largest absolute Gasteiger partial charge is 0.348 e. The van der Waals surface area contributed by atoms with Crippen molar-refractivity contribution >= 4 is 5.91 Å². The van der Waals surface area contributed by atoms with E-state index in [-0.39, 0.29) is 5.91 Å². The Bertz CT molecular complexity index is 589. The van der Waals surface area contributed by atoms with Crippen LogP contribution >= 0.6 is 0 Å². The highest BCUT2D eigenvalue weighted by Gasteiger charge is 2.08. The predicted octanol–water partition coefficient (Wildman–Crippen LogP) is 1.12. The minimum absolute atomic E-state index is 0.115. The van der Waals surface area contributed by atoms with E-state index in [9.17, 15) is 4.79 Å². The van der Waals surface area contributed by atoms with E-state index < -0.39 is 0 Å². The van der Waals surface area contributed by atoms with E-state index in [1.54, 1.807) is 24.1 Å². The summed E-state index contributed by atoms with van der Waals surface area (Å²) in [5.74, 6) is -0.115. The van der Waals surface area contributed by atoms with Crippen molar-refractivity contribution in [2.45, 2.75) is 20.0 Å². The van der Waals surface area contributed by atoms with Gasteiger partial charge in [-0.25, -0.2) is 0 Å². The summed E-state index contributed by atoms with van der Waals surface area (Å²) in [5, 5.41) is 6.86. The lowest BCUT2D eigenvalue weighted by Crippen LogP contribution is -2.22. The topological polar surface area (TPSA) is 72.9 Å². The molecule has 0 radical (unpaired) electrons. The van der Waals surface area contributed by atoms with Crippen molar-refractivity contribution in [2.24, 2.45) is 12.8 Å². The molecule has 0 atom stereocenters. The molecule has 5 heteroatoms. The molecular weight excluding hydrogens is 240 g/mol. The highest BCUT2D eigenvalue weighted by Crippen LogP contribution is 2.11. The molecule has 1 aromatic heterocycles. The van der Waals surface area contributed by atoms with Crippen molar-refractivity contribution < 1.29 is 4.79 Å². The first-order valence-electron chi connectivity index (χ1n) is 6.15. The van der Waals surface area contributed by atoms with Gasteiger partial charge in [0, 0.05) is 26.3 Å². The zero-order valence-corrected chi connectivity index (χ0v) is 11.2. The van der Waals surface area contributed by atoms with Crippen LogP contribution in [0.3, 0.4) is 0 Å². The molecular formula is C14H18N4O. The molecule has 1 amide bonds. The first kappa shape index (κ1) is 13.3. The minimum Gasteiger partial charge on any atom is -0.348 e. The fourth-order valence-electron chi connectivity index (χ4n) is 1.90. The zero-order valence-electron chi connectivity index (χ0n) is 11.2. The van der Waals surface area contributed by atoms with E-state index in [1.165, 1.54) is 0 Å². The maximum atomic E-state index is 11.9. The van der Waals surface area contributed by atoms with E-state index in [0.717, 1.165) is 16.7 Å². The van der Waals surface area contributed by atoms with Crippen LogP contribution in [-0.4, -0.2) is 15.7 Å². The van der Waals surface area contributed by atoms with E-state index in [0.29, 0.717) is 18.7 Å². The molecule has 0 saturated heterocycles. The molecule has 3 N–H and O–H groups in total. The van der Waals surface area contributed by atoms with Crippen molar-refractivity contribution in [3.05, 3.63) is 52.8 Å². The lowest BCUT2D eigenvalue weighted by molar-refractivity contribution is 0.0951. The number of carbonyl (C=O) groups is 1. The van der Waals surface area contributed by atoms with Gasteiger partial charge in [-0.3, -0.25) is 9.48 Å². The Balaban J connectivity index is 2.01. The van der Waals surface area contributed by atoms with Crippen LogP contribution in [-0.2, 0) is 20.1 Å². The summed E-state index contributed by atoms with van der Waals surface area (Å²) in [5.41, 5.74) is 9.48. The first-order chi connectivity index (χ1) is 9.10. The van der Waals surface area contributed by atoms with Gasteiger partial charge in [-0.2, -0.15) is 5.10 Å². The molecule has 0 saturated carbocycles. The normalized spacial score (nSPS) is 10.5. The summed E-state index contributed by atoms with van der Waals surface area (Å²) in [6.45, 7) is 3.05. The molecule has 19 heavy (non-hydrogen) atoms. The van der Waals surface area contributed by atoms with Crippen LogP contribution in [0, 0.1) is 6.92 Å². The Morgan fingerprint density at radius 1 is 1.47 bits per heavy atom. The lowest BCUT2D eigenvalue weighted by Gasteiger charge is -2.08. The molecule has 1 aromatic carbocycles. The van der Waals surface area contributed by atoms with Crippen molar-refractivity contribution in [3.8, 4) is 0 Å². The van der Waals surface area contributed by atoms with Crippen LogP contribution < -0.4 is 11.1 Å². The smallest absolute Gasteiger partial charge is 0.254 e. The molecule has 0 aliphatic heterocycles. The molecule has 100 valence electrons. The molecule has 0 fully saturated rings. The number of hydrogen-bond donors (Lipinski definition) is 2. The number of aryl methyl sites for hydroxylation is 2. The second-order valence-corrected chi connectivity index (χ2v) is 4.55. The van der Waals surface area contributed by atoms with Gasteiger partial charge in [0.05, 0.1) is 11.8 Å². The van der Waals surface area contributed by atoms with Crippen LogP contribution in [0.5, 0.6) is 0 Å². The van der Waals surface area contributed by atoms with Gasteiger partial charge in [0.15, 0.2) is 0 Å². The first-order valence-corrected chi connectivity index (χ1v) is 6.15. The molecule has 2 rings (SSSR count). The number of amides is 1. The van der Waals surface area contributed by atoms with Crippen LogP contribution in [0.25, 0.3) is 0 Å². The maximum Gasteiger partial charge on any atom is 0.254 e. The van der Waals surface area contributed by atoms with Crippen LogP contribution in [0.4, 0.5) is 0 Å². The molecule has 1 heterocycles. The highest BCUT2D eigenvalue weighted by atomic mass is 16.1. The fourth-order valence-corrected chi connectivity index (χ4v) is 1.90. The SMILES string of the molecule is Cc1cc(CN)ccc1CNC(=O)c1cnn(C)c1. The van der Waals surface area contributed by atoms with Gasteiger partial charge in [0.2, 0.25) is 0 Å². The van der Waals surface area contributed by atoms with Crippen LogP contribution in [0.2, 0.25) is 0 Å². The Morgan fingerprint density at radius 3 is 2.84 bits per heavy atom. The van der Waals surface area contributed by atoms with Crippen LogP contribution in [0.15, 0.2) is 30.6 Å². The molecule has 5 nitrogen and oxygen atoms in total. The monoisotopic (exact) mass is 258 g/mol. The van der Waals surface area contributed by atoms with Crippen molar-refractivity contribution in [2.75, 3.05) is 0 Å². The molecule has 0 aliphatic rings. The van der Waals surface area contributed by atoms with Gasteiger partial charge in [-0.15, -0.1) is 0 Å². The average Bonchev–Trinajstić information content (AvgIpc) is 2.83. The summed E-state index contributed by atoms with van der Waals surface area (Å²) in [6.07, 6.45) is 3.25. The summed E-state index contributed by atoms with van der Waals surface area (Å²) < 4.78 is 1.61. The zero-order chi connectivity index (χ0) is 13.8. The number of nitrogens with two attached hydrogens (primary N) is 1. The predicted molar refractivity (Wildman–Crippen MR) is 73.4 cm³/mol. The van der Waals surface area contributed by atoms with Crippen molar-refractivity contribution in [1.29, 1.82) is 0 Å². The standard InChI is InChI=1S/C14H18N4O/c1-10-5-11(6-15)3-4-12(10)7-16-14(19)13-8-17-18(2)9-13/h3-5,8-9H,6-7,15H2,1-2H3,(H,16,19). The maximum absolute atomic E-state index is 11.9. The van der Waals surface area contributed by atoms with E-state index in [2.05, 4.69) is 10.4 Å². The third-order valence-corrected chi connectivity index (χ3v) is 3.05. The lowest BCUT2D eigenvalue weighted by atomic mass is 10.1. The Kier molecular flexibility index (Phi) is 3.97. The highest BCUT2D eigenvalue weighted by molar-refractivity contribution is 5.93. The van der Waals surface area contributed by atoms with E-state index in [4.69, 9.17) is 5.73 Å². The average molecular weight is 258 g/mol. The number of carbonyl (C=O) groups excluding carboxylic acids is 1. The number of benzene rings is 1. The van der Waals surface area contributed by atoms with Gasteiger partial charge < -0.3 is 11.1 Å². The van der Waals surface area contributed by atoms with Gasteiger partial charge in [-0.05, 0) is 23.6 Å². The Labute approximate surface area is 112 Å². The van der Waals surface area contributed by atoms with E-state index >= 15 is 0 Å². The molecule has 0 bridgehead atoms. The summed E-state index contributed by atoms with van der Waals surface area (Å²) >= 11 is 0. The van der Waals surface area contributed by atoms with Gasteiger partial charge in [0.25, 0.3) is 5.91 Å². The number of aromatic nitrogens is 2. The summed E-state index contributed by atoms with van der Waals surface area (Å²) in [6, 6.07) is 6.03. The second kappa shape index (κ2) is 5.67. The number of rotatable bonds is 4. The van der Waals surface area contributed by atoms with Crippen LogP contribution in [0.1, 0.15) is 27.0 Å². The number of nitrogens with one attached hydrogen (secondary N) is 1. The van der Waals surface area contributed by atoms with Gasteiger partial charge in [0.1, 0.15) is 0 Å². The molecule has 0 unspecified atom stereocenters. The number of hydrogen-bond acceptors (Lipinski definition) is 3.